The van der Waals surface area contributed by atoms with E-state index in [0.29, 0.717) is 42.8 Å². The first-order chi connectivity index (χ1) is 15.8. The van der Waals surface area contributed by atoms with Crippen LogP contribution in [0.15, 0.2) is 57.9 Å². The van der Waals surface area contributed by atoms with Crippen molar-refractivity contribution in [2.45, 2.75) is 0 Å². The Labute approximate surface area is 209 Å². The molecule has 2 heterocycles. The van der Waals surface area contributed by atoms with E-state index >= 15 is 0 Å². The molecule has 1 fully saturated rings. The molecule has 2 aromatic carbocycles. The summed E-state index contributed by atoms with van der Waals surface area (Å²) in [7, 11) is 2.80. The molecule has 6 nitrogen and oxygen atoms in total. The number of carbonyl (C=O) groups is 2. The predicted octanol–water partition coefficient (Wildman–Crippen LogP) is 6.45. The van der Waals surface area contributed by atoms with Crippen LogP contribution in [0.4, 0.5) is 5.69 Å². The summed E-state index contributed by atoms with van der Waals surface area (Å²) in [6, 6.07) is 13.4. The summed E-state index contributed by atoms with van der Waals surface area (Å²) in [6.07, 6.45) is 1.62. The molecule has 3 aromatic rings. The molecule has 10 heteroatoms. The van der Waals surface area contributed by atoms with Gasteiger partial charge in [0, 0.05) is 11.6 Å². The van der Waals surface area contributed by atoms with Gasteiger partial charge in [-0.3, -0.25) is 9.69 Å². The smallest absolute Gasteiger partial charge is 0.339 e. The molecule has 168 valence electrons. The lowest BCUT2D eigenvalue weighted by Gasteiger charge is -2.15. The largest absolute Gasteiger partial charge is 0.495 e. The van der Waals surface area contributed by atoms with Gasteiger partial charge in [0.25, 0.3) is 5.91 Å². The summed E-state index contributed by atoms with van der Waals surface area (Å²) < 4.78 is 16.2. The van der Waals surface area contributed by atoms with Crippen LogP contribution in [0.3, 0.4) is 0 Å². The number of thiocarbonyl (C=S) groups is 1. The number of esters is 1. The maximum absolute atomic E-state index is 13.0. The Morgan fingerprint density at radius 3 is 2.58 bits per heavy atom. The van der Waals surface area contributed by atoms with Gasteiger partial charge in [0.2, 0.25) is 0 Å². The molecule has 1 saturated heterocycles. The van der Waals surface area contributed by atoms with Crippen molar-refractivity contribution >= 4 is 75.1 Å². The molecule has 0 saturated carbocycles. The highest BCUT2D eigenvalue weighted by Gasteiger charge is 2.34. The van der Waals surface area contributed by atoms with Crippen LogP contribution in [0.25, 0.3) is 17.4 Å². The number of hydrogen-bond acceptors (Lipinski definition) is 7. The zero-order chi connectivity index (χ0) is 23.7. The third-order valence-corrected chi connectivity index (χ3v) is 6.67. The van der Waals surface area contributed by atoms with E-state index in [4.69, 9.17) is 49.3 Å². The normalized spacial score (nSPS) is 14.8. The lowest BCUT2D eigenvalue weighted by molar-refractivity contribution is -0.113. The Bertz CT molecular complexity index is 1320. The topological polar surface area (TPSA) is 69.0 Å². The molecule has 0 atom stereocenters. The third kappa shape index (κ3) is 4.65. The van der Waals surface area contributed by atoms with Crippen LogP contribution >= 0.6 is 47.2 Å². The average Bonchev–Trinajstić information content (AvgIpc) is 3.37. The second-order valence-electron chi connectivity index (χ2n) is 6.72. The average molecular weight is 520 g/mol. The molecule has 0 radical (unpaired) electrons. The molecular formula is C23H15Cl2NO5S2. The van der Waals surface area contributed by atoms with Crippen LogP contribution in [0, 0.1) is 0 Å². The fourth-order valence-corrected chi connectivity index (χ4v) is 4.87. The standard InChI is InChI=1S/C23H15Cl2NO5S2/c1-29-19-7-4-13(10-17(19)25)26-21(27)20(33-23(26)32)11-14-5-8-18(31-14)12-3-6-16(24)15(9-12)22(28)30-2/h3-11H,1-2H3/b20-11+. The highest BCUT2D eigenvalue weighted by molar-refractivity contribution is 8.27. The Hall–Kier alpha value is -2.78. The van der Waals surface area contributed by atoms with Gasteiger partial charge < -0.3 is 13.9 Å². The third-order valence-electron chi connectivity index (χ3n) is 4.74. The number of amides is 1. The van der Waals surface area contributed by atoms with Gasteiger partial charge in [-0.05, 0) is 48.5 Å². The number of furan rings is 1. The van der Waals surface area contributed by atoms with Crippen LogP contribution in [0.1, 0.15) is 16.1 Å². The number of carbonyl (C=O) groups excluding carboxylic acids is 2. The first kappa shape index (κ1) is 23.4. The van der Waals surface area contributed by atoms with Gasteiger partial charge in [-0.15, -0.1) is 0 Å². The number of benzene rings is 2. The highest BCUT2D eigenvalue weighted by Crippen LogP contribution is 2.39. The summed E-state index contributed by atoms with van der Waals surface area (Å²) in [6.45, 7) is 0. The van der Waals surface area contributed by atoms with Crippen LogP contribution in [0.2, 0.25) is 10.0 Å². The summed E-state index contributed by atoms with van der Waals surface area (Å²) >= 11 is 18.9. The number of halogens is 2. The van der Waals surface area contributed by atoms with Crippen molar-refractivity contribution in [2.24, 2.45) is 0 Å². The second-order valence-corrected chi connectivity index (χ2v) is 9.21. The molecule has 1 amide bonds. The second kappa shape index (κ2) is 9.61. The maximum Gasteiger partial charge on any atom is 0.339 e. The Morgan fingerprint density at radius 1 is 1.09 bits per heavy atom. The van der Waals surface area contributed by atoms with Crippen LogP contribution < -0.4 is 9.64 Å². The quantitative estimate of drug-likeness (QED) is 0.217. The summed E-state index contributed by atoms with van der Waals surface area (Å²) in [4.78, 5) is 26.7. The minimum Gasteiger partial charge on any atom is -0.495 e. The fraction of sp³-hybridized carbons (Fsp3) is 0.0870. The van der Waals surface area contributed by atoms with Crippen molar-refractivity contribution in [3.05, 3.63) is 74.8 Å². The van der Waals surface area contributed by atoms with E-state index in [2.05, 4.69) is 0 Å². The predicted molar refractivity (Wildman–Crippen MR) is 134 cm³/mol. The highest BCUT2D eigenvalue weighted by atomic mass is 35.5. The van der Waals surface area contributed by atoms with E-state index in [-0.39, 0.29) is 16.5 Å². The number of thioether (sulfide) groups is 1. The van der Waals surface area contributed by atoms with Crippen molar-refractivity contribution in [2.75, 3.05) is 19.1 Å². The molecule has 4 rings (SSSR count). The number of ether oxygens (including phenoxy) is 2. The van der Waals surface area contributed by atoms with Crippen LogP contribution in [-0.4, -0.2) is 30.4 Å². The van der Waals surface area contributed by atoms with Crippen molar-refractivity contribution in [1.82, 2.24) is 0 Å². The number of rotatable bonds is 5. The molecule has 1 aliphatic heterocycles. The lowest BCUT2D eigenvalue weighted by atomic mass is 10.1. The first-order valence-corrected chi connectivity index (χ1v) is 11.4. The van der Waals surface area contributed by atoms with Crippen LogP contribution in [0.5, 0.6) is 5.75 Å². The lowest BCUT2D eigenvalue weighted by Crippen LogP contribution is -2.27. The van der Waals surface area contributed by atoms with Gasteiger partial charge in [-0.1, -0.05) is 47.2 Å². The molecule has 0 spiro atoms. The van der Waals surface area contributed by atoms with Gasteiger partial charge in [0.05, 0.1) is 40.4 Å². The van der Waals surface area contributed by atoms with Crippen molar-refractivity contribution in [1.29, 1.82) is 0 Å². The first-order valence-electron chi connectivity index (χ1n) is 9.42. The summed E-state index contributed by atoms with van der Waals surface area (Å²) in [5.74, 6) is 0.620. The molecule has 33 heavy (non-hydrogen) atoms. The van der Waals surface area contributed by atoms with Crippen LogP contribution in [-0.2, 0) is 9.53 Å². The zero-order valence-electron chi connectivity index (χ0n) is 17.3. The van der Waals surface area contributed by atoms with E-state index in [1.54, 1.807) is 54.6 Å². The minimum absolute atomic E-state index is 0.230. The van der Waals surface area contributed by atoms with E-state index in [9.17, 15) is 9.59 Å². The van der Waals surface area contributed by atoms with Crippen molar-refractivity contribution in [3.8, 4) is 17.1 Å². The molecule has 1 aromatic heterocycles. The summed E-state index contributed by atoms with van der Waals surface area (Å²) in [5.41, 5.74) is 1.41. The van der Waals surface area contributed by atoms with Gasteiger partial charge in [-0.25, -0.2) is 4.79 Å². The van der Waals surface area contributed by atoms with Crippen molar-refractivity contribution in [3.63, 3.8) is 0 Å². The van der Waals surface area contributed by atoms with Gasteiger partial charge in [-0.2, -0.15) is 0 Å². The number of nitrogens with zero attached hydrogens (tertiary/aromatic N) is 1. The van der Waals surface area contributed by atoms with E-state index < -0.39 is 5.97 Å². The van der Waals surface area contributed by atoms with E-state index in [1.165, 1.54) is 19.1 Å². The van der Waals surface area contributed by atoms with Gasteiger partial charge >= 0.3 is 5.97 Å². The molecular weight excluding hydrogens is 505 g/mol. The molecule has 1 aliphatic rings. The minimum atomic E-state index is -0.545. The molecule has 0 unspecified atom stereocenters. The Balaban J connectivity index is 1.60. The van der Waals surface area contributed by atoms with Gasteiger partial charge in [0.15, 0.2) is 4.32 Å². The molecule has 0 bridgehead atoms. The molecule has 0 aliphatic carbocycles. The molecule has 0 N–H and O–H groups in total. The Morgan fingerprint density at radius 2 is 1.88 bits per heavy atom. The van der Waals surface area contributed by atoms with Crippen molar-refractivity contribution < 1.29 is 23.5 Å². The summed E-state index contributed by atoms with van der Waals surface area (Å²) in [5, 5.41) is 0.651. The van der Waals surface area contributed by atoms with E-state index in [1.807, 2.05) is 0 Å². The fourth-order valence-electron chi connectivity index (χ4n) is 3.14. The van der Waals surface area contributed by atoms with Gasteiger partial charge in [0.1, 0.15) is 17.3 Å². The number of hydrogen-bond donors (Lipinski definition) is 0. The zero-order valence-corrected chi connectivity index (χ0v) is 20.4. The Kier molecular flexibility index (Phi) is 6.81. The SMILES string of the molecule is COC(=O)c1cc(-c2ccc(/C=C3/SC(=S)N(c4ccc(OC)c(Cl)c4)C3=O)o2)ccc1Cl. The maximum atomic E-state index is 13.0. The number of anilines is 1. The monoisotopic (exact) mass is 519 g/mol. The van der Waals surface area contributed by atoms with E-state index in [0.717, 1.165) is 11.8 Å². The number of methoxy groups -OCH3 is 2.